The third kappa shape index (κ3) is 3.61. The summed E-state index contributed by atoms with van der Waals surface area (Å²) in [5.74, 6) is -1.66. The zero-order valence-electron chi connectivity index (χ0n) is 11.4. The van der Waals surface area contributed by atoms with E-state index in [4.69, 9.17) is 10.8 Å². The fourth-order valence-electron chi connectivity index (χ4n) is 0.900. The second-order valence-corrected chi connectivity index (χ2v) is 5.33. The minimum absolute atomic E-state index is 0.0429. The normalized spacial score (nSPS) is 11.8. The molecular formula is C11H21N3O4. The van der Waals surface area contributed by atoms with Crippen molar-refractivity contribution in [2.24, 2.45) is 11.1 Å². The minimum atomic E-state index is -1.33. The largest absolute Gasteiger partial charge is 0.480 e. The van der Waals surface area contributed by atoms with Crippen LogP contribution < -0.4 is 11.1 Å². The third-order valence-electron chi connectivity index (χ3n) is 3.02. The summed E-state index contributed by atoms with van der Waals surface area (Å²) in [6, 6.07) is -0.572. The van der Waals surface area contributed by atoms with E-state index in [0.717, 1.165) is 4.90 Å². The van der Waals surface area contributed by atoms with Gasteiger partial charge in [-0.1, -0.05) is 0 Å². The van der Waals surface area contributed by atoms with Gasteiger partial charge in [-0.3, -0.25) is 4.79 Å². The van der Waals surface area contributed by atoms with E-state index >= 15 is 0 Å². The summed E-state index contributed by atoms with van der Waals surface area (Å²) in [5.41, 5.74) is 2.95. The summed E-state index contributed by atoms with van der Waals surface area (Å²) < 4.78 is 0. The van der Waals surface area contributed by atoms with Crippen molar-refractivity contribution >= 4 is 17.9 Å². The van der Waals surface area contributed by atoms with E-state index in [9.17, 15) is 14.4 Å². The van der Waals surface area contributed by atoms with Gasteiger partial charge in [0.25, 0.3) is 0 Å². The second-order valence-electron chi connectivity index (χ2n) is 5.33. The fourth-order valence-corrected chi connectivity index (χ4v) is 0.900. The fraction of sp³-hybridized carbons (Fsp3) is 0.727. The molecule has 0 aromatic carbocycles. The first-order valence-corrected chi connectivity index (χ1v) is 5.48. The van der Waals surface area contributed by atoms with E-state index in [2.05, 4.69) is 5.32 Å². The van der Waals surface area contributed by atoms with Gasteiger partial charge in [-0.25, -0.2) is 9.59 Å². The highest BCUT2D eigenvalue weighted by molar-refractivity contribution is 5.86. The molecule has 0 bridgehead atoms. The number of primary amides is 1. The van der Waals surface area contributed by atoms with Crippen LogP contribution in [-0.2, 0) is 9.59 Å². The van der Waals surface area contributed by atoms with Gasteiger partial charge >= 0.3 is 12.0 Å². The van der Waals surface area contributed by atoms with E-state index < -0.39 is 28.9 Å². The number of carboxylic acid groups (broad SMARTS) is 1. The zero-order chi connectivity index (χ0) is 14.7. The minimum Gasteiger partial charge on any atom is -0.480 e. The topological polar surface area (TPSA) is 113 Å². The molecule has 0 saturated heterocycles. The van der Waals surface area contributed by atoms with Crippen LogP contribution in [0.2, 0.25) is 0 Å². The number of rotatable bonds is 5. The number of urea groups is 1. The molecule has 0 heterocycles. The molecule has 0 aromatic heterocycles. The number of hydrogen-bond donors (Lipinski definition) is 3. The zero-order valence-corrected chi connectivity index (χ0v) is 11.4. The molecule has 0 atom stereocenters. The Balaban J connectivity index is 4.62. The third-order valence-corrected chi connectivity index (χ3v) is 3.02. The average Bonchev–Trinajstić information content (AvgIpc) is 2.24. The Labute approximate surface area is 106 Å². The van der Waals surface area contributed by atoms with Crippen LogP contribution in [0.25, 0.3) is 0 Å². The summed E-state index contributed by atoms with van der Waals surface area (Å²) in [4.78, 5) is 34.9. The number of carboxylic acids is 1. The lowest BCUT2D eigenvalue weighted by atomic mass is 9.93. The smallest absolute Gasteiger partial charge is 0.329 e. The molecule has 0 aliphatic carbocycles. The molecule has 0 aliphatic rings. The van der Waals surface area contributed by atoms with Crippen LogP contribution in [0.5, 0.6) is 0 Å². The van der Waals surface area contributed by atoms with E-state index in [1.54, 1.807) is 13.8 Å². The Bertz CT molecular complexity index is 363. The van der Waals surface area contributed by atoms with Crippen molar-refractivity contribution in [2.45, 2.75) is 33.2 Å². The number of likely N-dealkylation sites (N-methyl/N-ethyl adjacent to an activating group) is 1. The monoisotopic (exact) mass is 259 g/mol. The molecule has 18 heavy (non-hydrogen) atoms. The van der Waals surface area contributed by atoms with Crippen LogP contribution >= 0.6 is 0 Å². The number of carbonyl (C=O) groups excluding carboxylic acids is 2. The molecular weight excluding hydrogens is 238 g/mol. The number of nitrogens with zero attached hydrogens (tertiary/aromatic N) is 1. The van der Waals surface area contributed by atoms with Crippen molar-refractivity contribution in [3.8, 4) is 0 Å². The maximum atomic E-state index is 11.8. The maximum Gasteiger partial charge on any atom is 0.329 e. The number of hydrogen-bond acceptors (Lipinski definition) is 3. The van der Waals surface area contributed by atoms with Gasteiger partial charge in [-0.15, -0.1) is 0 Å². The summed E-state index contributed by atoms with van der Waals surface area (Å²) in [6.07, 6.45) is 0. The van der Waals surface area contributed by atoms with Crippen LogP contribution in [0, 0.1) is 5.41 Å². The van der Waals surface area contributed by atoms with Gasteiger partial charge in [0.05, 0.1) is 5.41 Å². The van der Waals surface area contributed by atoms with Crippen molar-refractivity contribution in [3.05, 3.63) is 0 Å². The number of nitrogens with two attached hydrogens (primary N) is 1. The first-order valence-electron chi connectivity index (χ1n) is 5.48. The van der Waals surface area contributed by atoms with Crippen molar-refractivity contribution in [2.75, 3.05) is 13.6 Å². The lowest BCUT2D eigenvalue weighted by Crippen LogP contribution is -2.55. The molecule has 0 unspecified atom stereocenters. The Hall–Kier alpha value is -1.79. The summed E-state index contributed by atoms with van der Waals surface area (Å²) in [5, 5.41) is 11.5. The van der Waals surface area contributed by atoms with Gasteiger partial charge in [0.15, 0.2) is 0 Å². The number of amides is 3. The molecule has 0 radical (unpaired) electrons. The predicted molar refractivity (Wildman–Crippen MR) is 65.9 cm³/mol. The first kappa shape index (κ1) is 16.2. The SMILES string of the molecule is CN(C(=O)NCC(C)(C)C(N)=O)C(C)(C)C(=O)O. The van der Waals surface area contributed by atoms with Crippen molar-refractivity contribution < 1.29 is 19.5 Å². The lowest BCUT2D eigenvalue weighted by molar-refractivity contribution is -0.147. The number of aliphatic carboxylic acids is 1. The quantitative estimate of drug-likeness (QED) is 0.645. The van der Waals surface area contributed by atoms with Gasteiger partial charge in [-0.05, 0) is 27.7 Å². The molecule has 7 heteroatoms. The summed E-state index contributed by atoms with van der Waals surface area (Å²) in [7, 11) is 1.38. The van der Waals surface area contributed by atoms with Gasteiger partial charge < -0.3 is 21.1 Å². The second kappa shape index (κ2) is 5.24. The average molecular weight is 259 g/mol. The summed E-state index contributed by atoms with van der Waals surface area (Å²) in [6.45, 7) is 6.05. The van der Waals surface area contributed by atoms with Gasteiger partial charge in [-0.2, -0.15) is 0 Å². The Kier molecular flexibility index (Phi) is 4.72. The van der Waals surface area contributed by atoms with Gasteiger partial charge in [0.2, 0.25) is 5.91 Å². The molecule has 0 aliphatic heterocycles. The van der Waals surface area contributed by atoms with Crippen molar-refractivity contribution in [1.29, 1.82) is 0 Å². The molecule has 3 amide bonds. The lowest BCUT2D eigenvalue weighted by Gasteiger charge is -2.32. The van der Waals surface area contributed by atoms with Crippen molar-refractivity contribution in [3.63, 3.8) is 0 Å². The maximum absolute atomic E-state index is 11.8. The van der Waals surface area contributed by atoms with E-state index in [0.29, 0.717) is 0 Å². The standard InChI is InChI=1S/C11H21N3O4/c1-10(2,7(12)15)6-13-9(18)14(5)11(3,4)8(16)17/h6H2,1-5H3,(H2,12,15)(H,13,18)(H,16,17). The Morgan fingerprint density at radius 1 is 1.22 bits per heavy atom. The predicted octanol–water partition coefficient (Wildman–Crippen LogP) is 0.00250. The number of carbonyl (C=O) groups is 3. The molecule has 0 rings (SSSR count). The highest BCUT2D eigenvalue weighted by Crippen LogP contribution is 2.15. The Morgan fingerprint density at radius 3 is 2.00 bits per heavy atom. The van der Waals surface area contributed by atoms with Crippen LogP contribution in [-0.4, -0.2) is 47.0 Å². The Morgan fingerprint density at radius 2 is 1.67 bits per heavy atom. The first-order chi connectivity index (χ1) is 7.93. The molecule has 4 N–H and O–H groups in total. The number of nitrogens with one attached hydrogen (secondary N) is 1. The van der Waals surface area contributed by atoms with Crippen LogP contribution in [0.4, 0.5) is 4.79 Å². The van der Waals surface area contributed by atoms with E-state index in [1.807, 2.05) is 0 Å². The van der Waals surface area contributed by atoms with Crippen LogP contribution in [0.3, 0.4) is 0 Å². The molecule has 0 fully saturated rings. The highest BCUT2D eigenvalue weighted by atomic mass is 16.4. The highest BCUT2D eigenvalue weighted by Gasteiger charge is 2.36. The van der Waals surface area contributed by atoms with E-state index in [1.165, 1.54) is 20.9 Å². The van der Waals surface area contributed by atoms with Gasteiger partial charge in [0.1, 0.15) is 5.54 Å². The van der Waals surface area contributed by atoms with Crippen molar-refractivity contribution in [1.82, 2.24) is 10.2 Å². The summed E-state index contributed by atoms with van der Waals surface area (Å²) >= 11 is 0. The molecule has 0 saturated carbocycles. The van der Waals surface area contributed by atoms with Gasteiger partial charge in [0, 0.05) is 13.6 Å². The van der Waals surface area contributed by atoms with Crippen LogP contribution in [0.1, 0.15) is 27.7 Å². The van der Waals surface area contributed by atoms with Crippen LogP contribution in [0.15, 0.2) is 0 Å². The molecule has 104 valence electrons. The van der Waals surface area contributed by atoms with E-state index in [-0.39, 0.29) is 6.54 Å². The molecule has 0 spiro atoms. The molecule has 7 nitrogen and oxygen atoms in total. The molecule has 0 aromatic rings.